The molecule has 1 atom stereocenters. The molecular formula is C19H20BrN3OS. The quantitative estimate of drug-likeness (QED) is 0.689. The van der Waals surface area contributed by atoms with Crippen LogP contribution in [-0.2, 0) is 0 Å². The number of aryl methyl sites for hydroxylation is 1. The van der Waals surface area contributed by atoms with Crippen molar-refractivity contribution in [2.24, 2.45) is 4.99 Å². The van der Waals surface area contributed by atoms with Gasteiger partial charge in [-0.2, -0.15) is 0 Å². The number of amidine groups is 1. The highest BCUT2D eigenvalue weighted by molar-refractivity contribution is 9.09. The van der Waals surface area contributed by atoms with Gasteiger partial charge in [-0.3, -0.25) is 4.99 Å². The number of carbonyl (C=O) groups excluding carboxylic acids is 1. The summed E-state index contributed by atoms with van der Waals surface area (Å²) in [6, 6.07) is 17.2. The summed E-state index contributed by atoms with van der Waals surface area (Å²) in [4.78, 5) is 19.3. The van der Waals surface area contributed by atoms with Gasteiger partial charge in [0, 0.05) is 11.0 Å². The number of rotatable bonds is 3. The van der Waals surface area contributed by atoms with Crippen LogP contribution in [0.2, 0.25) is 0 Å². The fourth-order valence-electron chi connectivity index (χ4n) is 2.41. The van der Waals surface area contributed by atoms with Crippen molar-refractivity contribution >= 4 is 50.3 Å². The number of aliphatic imine (C=N–C) groups is 1. The van der Waals surface area contributed by atoms with Crippen molar-refractivity contribution in [1.29, 1.82) is 0 Å². The molecule has 1 heterocycles. The van der Waals surface area contributed by atoms with Gasteiger partial charge in [0.15, 0.2) is 5.17 Å². The summed E-state index contributed by atoms with van der Waals surface area (Å²) < 4.78 is -0.0364. The Kier molecular flexibility index (Phi) is 5.49. The molecule has 1 aliphatic rings. The Labute approximate surface area is 160 Å². The highest BCUT2D eigenvalue weighted by Crippen LogP contribution is 2.37. The average Bonchev–Trinajstić information content (AvgIpc) is 3.00. The number of nitrogens with zero attached hydrogens (tertiary/aromatic N) is 2. The van der Waals surface area contributed by atoms with Gasteiger partial charge in [-0.1, -0.05) is 63.6 Å². The van der Waals surface area contributed by atoms with E-state index < -0.39 is 0 Å². The van der Waals surface area contributed by atoms with E-state index in [9.17, 15) is 4.79 Å². The molecule has 2 amide bonds. The van der Waals surface area contributed by atoms with E-state index in [-0.39, 0.29) is 10.8 Å². The number of hydrogen-bond donors (Lipinski definition) is 1. The van der Waals surface area contributed by atoms with E-state index in [1.165, 1.54) is 0 Å². The third kappa shape index (κ3) is 4.25. The van der Waals surface area contributed by atoms with E-state index in [4.69, 9.17) is 0 Å². The van der Waals surface area contributed by atoms with Gasteiger partial charge in [0.05, 0.1) is 17.0 Å². The van der Waals surface area contributed by atoms with Crippen LogP contribution in [0.15, 0.2) is 59.6 Å². The lowest BCUT2D eigenvalue weighted by Gasteiger charge is -2.25. The number of hydrogen-bond acceptors (Lipinski definition) is 3. The number of amides is 2. The van der Waals surface area contributed by atoms with Crippen LogP contribution in [-0.4, -0.2) is 27.8 Å². The number of alkyl halides is 1. The second-order valence-corrected chi connectivity index (χ2v) is 8.37. The number of carbonyl (C=O) groups is 1. The molecule has 1 N–H and O–H groups in total. The van der Waals surface area contributed by atoms with Crippen LogP contribution in [0, 0.1) is 6.92 Å². The van der Waals surface area contributed by atoms with Crippen molar-refractivity contribution in [3.63, 3.8) is 0 Å². The maximum absolute atomic E-state index is 13.0. The molecule has 0 fully saturated rings. The first-order valence-electron chi connectivity index (χ1n) is 8.03. The maximum atomic E-state index is 13.0. The first-order chi connectivity index (χ1) is 12.0. The number of anilines is 2. The number of halogens is 1. The fraction of sp³-hybridized carbons (Fsp3) is 0.263. The molecule has 1 aliphatic heterocycles. The third-order valence-corrected chi connectivity index (χ3v) is 6.75. The Morgan fingerprint density at radius 2 is 1.92 bits per heavy atom. The molecular weight excluding hydrogens is 398 g/mol. The Morgan fingerprint density at radius 3 is 2.52 bits per heavy atom. The summed E-state index contributed by atoms with van der Waals surface area (Å²) in [5, 5.41) is 4.50. The minimum absolute atomic E-state index is 0.0364. The zero-order valence-electron chi connectivity index (χ0n) is 14.2. The molecule has 0 saturated carbocycles. The maximum Gasteiger partial charge on any atom is 0.332 e. The molecule has 0 saturated heterocycles. The van der Waals surface area contributed by atoms with Crippen molar-refractivity contribution in [1.82, 2.24) is 0 Å². The van der Waals surface area contributed by atoms with Crippen LogP contribution >= 0.6 is 27.7 Å². The zero-order chi connectivity index (χ0) is 17.9. The first kappa shape index (κ1) is 18.0. The third-order valence-electron chi connectivity index (χ3n) is 3.88. The van der Waals surface area contributed by atoms with Crippen molar-refractivity contribution in [2.75, 3.05) is 22.1 Å². The molecule has 0 bridgehead atoms. The molecule has 0 unspecified atom stereocenters. The van der Waals surface area contributed by atoms with Crippen LogP contribution in [0.5, 0.6) is 0 Å². The average molecular weight is 418 g/mol. The summed E-state index contributed by atoms with van der Waals surface area (Å²) in [7, 11) is 0. The Balaban J connectivity index is 1.89. The minimum Gasteiger partial charge on any atom is -0.307 e. The Hall–Kier alpha value is -1.79. The van der Waals surface area contributed by atoms with Crippen LogP contribution in [0.4, 0.5) is 16.2 Å². The lowest BCUT2D eigenvalue weighted by Crippen LogP contribution is -2.39. The second kappa shape index (κ2) is 7.62. The van der Waals surface area contributed by atoms with Crippen LogP contribution in [0.25, 0.3) is 0 Å². The van der Waals surface area contributed by atoms with Crippen molar-refractivity contribution in [3.8, 4) is 0 Å². The highest BCUT2D eigenvalue weighted by atomic mass is 79.9. The molecule has 6 heteroatoms. The van der Waals surface area contributed by atoms with Gasteiger partial charge in [0.25, 0.3) is 0 Å². The molecule has 0 aliphatic carbocycles. The van der Waals surface area contributed by atoms with Crippen molar-refractivity contribution < 1.29 is 4.79 Å². The van der Waals surface area contributed by atoms with E-state index in [1.54, 1.807) is 16.7 Å². The monoisotopic (exact) mass is 417 g/mol. The number of urea groups is 1. The summed E-state index contributed by atoms with van der Waals surface area (Å²) in [5.74, 6) is 0. The van der Waals surface area contributed by atoms with E-state index in [0.717, 1.165) is 27.4 Å². The number of thioether (sulfide) groups is 1. The molecule has 0 aromatic heterocycles. The normalized spacial score (nSPS) is 19.4. The fourth-order valence-corrected chi connectivity index (χ4v) is 3.97. The van der Waals surface area contributed by atoms with Crippen LogP contribution in [0.1, 0.15) is 12.5 Å². The molecule has 25 heavy (non-hydrogen) atoms. The standard InChI is InChI=1S/C19H20BrN3OS/c1-14-8-10-16(11-9-14)23(18-21-13-19(2,12-20)25-18)17(24)22-15-6-4-3-5-7-15/h3-11H,12-13H2,1-2H3,(H,22,24)/t19-/m0/s1. The van der Waals surface area contributed by atoms with Crippen LogP contribution < -0.4 is 10.2 Å². The van der Waals surface area contributed by atoms with Crippen molar-refractivity contribution in [2.45, 2.75) is 18.6 Å². The Bertz CT molecular complexity index is 779. The summed E-state index contributed by atoms with van der Waals surface area (Å²) in [6.07, 6.45) is 0. The predicted octanol–water partition coefficient (Wildman–Crippen LogP) is 5.29. The first-order valence-corrected chi connectivity index (χ1v) is 9.97. The molecule has 4 nitrogen and oxygen atoms in total. The van der Waals surface area contributed by atoms with Gasteiger partial charge in [0.1, 0.15) is 0 Å². The van der Waals surface area contributed by atoms with Gasteiger partial charge in [-0.05, 0) is 38.1 Å². The van der Waals surface area contributed by atoms with E-state index in [0.29, 0.717) is 6.54 Å². The second-order valence-electron chi connectivity index (χ2n) is 6.25. The summed E-state index contributed by atoms with van der Waals surface area (Å²) in [6.45, 7) is 4.85. The molecule has 2 aromatic rings. The number of nitrogens with one attached hydrogen (secondary N) is 1. The molecule has 0 radical (unpaired) electrons. The van der Waals surface area contributed by atoms with E-state index in [2.05, 4.69) is 33.2 Å². The van der Waals surface area contributed by atoms with Crippen molar-refractivity contribution in [3.05, 3.63) is 60.2 Å². The van der Waals surface area contributed by atoms with Gasteiger partial charge in [-0.25, -0.2) is 9.69 Å². The minimum atomic E-state index is -0.208. The molecule has 130 valence electrons. The van der Waals surface area contributed by atoms with Gasteiger partial charge < -0.3 is 5.32 Å². The van der Waals surface area contributed by atoms with Crippen LogP contribution in [0.3, 0.4) is 0 Å². The zero-order valence-corrected chi connectivity index (χ0v) is 16.6. The molecule has 3 rings (SSSR count). The lowest BCUT2D eigenvalue weighted by molar-refractivity contribution is 0.259. The van der Waals surface area contributed by atoms with Gasteiger partial charge >= 0.3 is 6.03 Å². The summed E-state index contributed by atoms with van der Waals surface area (Å²) in [5.41, 5.74) is 2.72. The number of para-hydroxylation sites is 1. The Morgan fingerprint density at radius 1 is 1.24 bits per heavy atom. The highest BCUT2D eigenvalue weighted by Gasteiger charge is 2.36. The van der Waals surface area contributed by atoms with E-state index in [1.807, 2.05) is 61.5 Å². The van der Waals surface area contributed by atoms with Gasteiger partial charge in [0.2, 0.25) is 0 Å². The van der Waals surface area contributed by atoms with E-state index >= 15 is 0 Å². The molecule has 2 aromatic carbocycles. The van der Waals surface area contributed by atoms with Gasteiger partial charge in [-0.15, -0.1) is 0 Å². The topological polar surface area (TPSA) is 44.7 Å². The number of benzene rings is 2. The lowest BCUT2D eigenvalue weighted by atomic mass is 10.2. The predicted molar refractivity (Wildman–Crippen MR) is 111 cm³/mol. The molecule has 0 spiro atoms. The largest absolute Gasteiger partial charge is 0.332 e. The SMILES string of the molecule is Cc1ccc(N(C(=O)Nc2ccccc2)C2=NC[C@](C)(CBr)S2)cc1. The summed E-state index contributed by atoms with van der Waals surface area (Å²) >= 11 is 5.18. The smallest absolute Gasteiger partial charge is 0.307 e.